The van der Waals surface area contributed by atoms with Crippen LogP contribution < -0.4 is 5.32 Å². The molecule has 0 aliphatic carbocycles. The summed E-state index contributed by atoms with van der Waals surface area (Å²) in [6.45, 7) is 3.21. The van der Waals surface area contributed by atoms with Gasteiger partial charge in [-0.15, -0.1) is 0 Å². The van der Waals surface area contributed by atoms with Crippen LogP contribution >= 0.6 is 0 Å². The van der Waals surface area contributed by atoms with Gasteiger partial charge in [0.2, 0.25) is 0 Å². The van der Waals surface area contributed by atoms with Gasteiger partial charge in [-0.05, 0) is 50.2 Å². The van der Waals surface area contributed by atoms with Crippen molar-refractivity contribution in [3.05, 3.63) is 42.9 Å². The van der Waals surface area contributed by atoms with Crippen molar-refractivity contribution in [2.45, 2.75) is 6.42 Å². The number of H-pyrrole nitrogens is 1. The van der Waals surface area contributed by atoms with E-state index in [0.29, 0.717) is 17.6 Å². The van der Waals surface area contributed by atoms with Crippen LogP contribution in [0.1, 0.15) is 6.42 Å². The molecule has 3 aromatic heterocycles. The zero-order chi connectivity index (χ0) is 17.1. The molecule has 0 spiro atoms. The van der Waals surface area contributed by atoms with Gasteiger partial charge in [0.05, 0.1) is 5.56 Å². The molecule has 1 aliphatic rings. The molecule has 0 bridgehead atoms. The monoisotopic (exact) mass is 335 g/mol. The second kappa shape index (κ2) is 6.98. The van der Waals surface area contributed by atoms with Gasteiger partial charge in [-0.2, -0.15) is 5.10 Å². The summed E-state index contributed by atoms with van der Waals surface area (Å²) in [5.41, 5.74) is 1.81. The van der Waals surface area contributed by atoms with Crippen LogP contribution in [0.2, 0.25) is 0 Å². The number of rotatable bonds is 5. The van der Waals surface area contributed by atoms with Crippen LogP contribution in [0.4, 0.5) is 5.82 Å². The Morgan fingerprint density at radius 1 is 1.28 bits per heavy atom. The van der Waals surface area contributed by atoms with Crippen LogP contribution in [0, 0.1) is 5.92 Å². The third-order valence-electron chi connectivity index (χ3n) is 4.52. The Labute approximate surface area is 146 Å². The Balaban J connectivity index is 1.54. The number of aromatic amines is 1. The standard InChI is InChI=1S/C18H21N7/c1-25-9-6-13(12-25)10-21-17-15(5-3-8-20-17)18-22-16(23-24-18)14-4-2-7-19-11-14/h2-5,7-8,11,13H,6,9-10,12H2,1H3,(H,20,21)(H,22,23,24). The number of pyridine rings is 2. The Hall–Kier alpha value is -2.80. The fourth-order valence-corrected chi connectivity index (χ4v) is 3.18. The SMILES string of the molecule is CN1CCC(CNc2ncccc2-c2nc(-c3cccnc3)n[nH]2)C1. The van der Waals surface area contributed by atoms with E-state index in [1.165, 1.54) is 6.42 Å². The molecule has 1 fully saturated rings. The van der Waals surface area contributed by atoms with E-state index in [2.05, 4.69) is 42.4 Å². The molecule has 0 radical (unpaired) electrons. The van der Waals surface area contributed by atoms with Crippen LogP contribution in [0.15, 0.2) is 42.9 Å². The smallest absolute Gasteiger partial charge is 0.183 e. The van der Waals surface area contributed by atoms with Crippen molar-refractivity contribution in [3.8, 4) is 22.8 Å². The van der Waals surface area contributed by atoms with Gasteiger partial charge >= 0.3 is 0 Å². The molecule has 0 saturated carbocycles. The Morgan fingerprint density at radius 2 is 2.20 bits per heavy atom. The van der Waals surface area contributed by atoms with Crippen LogP contribution in [-0.4, -0.2) is 56.7 Å². The van der Waals surface area contributed by atoms with Gasteiger partial charge in [-0.25, -0.2) is 9.97 Å². The summed E-state index contributed by atoms with van der Waals surface area (Å²) in [7, 11) is 2.17. The first-order valence-electron chi connectivity index (χ1n) is 8.50. The zero-order valence-electron chi connectivity index (χ0n) is 14.2. The average molecular weight is 335 g/mol. The molecule has 4 heterocycles. The molecular formula is C18H21N7. The Kier molecular flexibility index (Phi) is 4.39. The van der Waals surface area contributed by atoms with Gasteiger partial charge in [-0.3, -0.25) is 10.1 Å². The van der Waals surface area contributed by atoms with Crippen molar-refractivity contribution in [2.75, 3.05) is 32.0 Å². The summed E-state index contributed by atoms with van der Waals surface area (Å²) in [4.78, 5) is 15.6. The number of nitrogens with zero attached hydrogens (tertiary/aromatic N) is 5. The van der Waals surface area contributed by atoms with E-state index in [0.717, 1.165) is 36.6 Å². The highest BCUT2D eigenvalue weighted by molar-refractivity contribution is 5.71. The number of aromatic nitrogens is 5. The van der Waals surface area contributed by atoms with Crippen molar-refractivity contribution < 1.29 is 0 Å². The fraction of sp³-hybridized carbons (Fsp3) is 0.333. The number of likely N-dealkylation sites (tertiary alicyclic amines) is 1. The molecule has 4 rings (SSSR count). The van der Waals surface area contributed by atoms with Gasteiger partial charge < -0.3 is 10.2 Å². The molecule has 7 heteroatoms. The highest BCUT2D eigenvalue weighted by Crippen LogP contribution is 2.25. The lowest BCUT2D eigenvalue weighted by atomic mass is 10.1. The molecular weight excluding hydrogens is 314 g/mol. The number of anilines is 1. The largest absolute Gasteiger partial charge is 0.369 e. The van der Waals surface area contributed by atoms with Gasteiger partial charge in [0.25, 0.3) is 0 Å². The first kappa shape index (κ1) is 15.7. The molecule has 25 heavy (non-hydrogen) atoms. The number of nitrogens with one attached hydrogen (secondary N) is 2. The van der Waals surface area contributed by atoms with Gasteiger partial charge in [0.15, 0.2) is 11.6 Å². The second-order valence-corrected chi connectivity index (χ2v) is 6.45. The quantitative estimate of drug-likeness (QED) is 0.744. The predicted octanol–water partition coefficient (Wildman–Crippen LogP) is 2.29. The van der Waals surface area contributed by atoms with E-state index in [9.17, 15) is 0 Å². The lowest BCUT2D eigenvalue weighted by Gasteiger charge is -2.13. The summed E-state index contributed by atoms with van der Waals surface area (Å²) >= 11 is 0. The van der Waals surface area contributed by atoms with Crippen molar-refractivity contribution in [3.63, 3.8) is 0 Å². The van der Waals surface area contributed by atoms with Crippen LogP contribution in [0.5, 0.6) is 0 Å². The maximum absolute atomic E-state index is 4.61. The van der Waals surface area contributed by atoms with E-state index in [1.807, 2.05) is 24.3 Å². The Morgan fingerprint density at radius 3 is 3.00 bits per heavy atom. The average Bonchev–Trinajstić information content (AvgIpc) is 3.30. The lowest BCUT2D eigenvalue weighted by Crippen LogP contribution is -2.19. The molecule has 3 aromatic rings. The molecule has 128 valence electrons. The zero-order valence-corrected chi connectivity index (χ0v) is 14.2. The van der Waals surface area contributed by atoms with E-state index in [-0.39, 0.29) is 0 Å². The van der Waals surface area contributed by atoms with E-state index in [4.69, 9.17) is 0 Å². The third-order valence-corrected chi connectivity index (χ3v) is 4.52. The minimum absolute atomic E-state index is 0.635. The van der Waals surface area contributed by atoms with Gasteiger partial charge in [0, 0.05) is 37.2 Å². The van der Waals surface area contributed by atoms with Gasteiger partial charge in [-0.1, -0.05) is 0 Å². The normalized spacial score (nSPS) is 17.7. The maximum atomic E-state index is 4.61. The van der Waals surface area contributed by atoms with E-state index >= 15 is 0 Å². The molecule has 1 unspecified atom stereocenters. The Bertz CT molecular complexity index is 830. The van der Waals surface area contributed by atoms with Crippen LogP contribution in [-0.2, 0) is 0 Å². The molecule has 0 aromatic carbocycles. The third kappa shape index (κ3) is 3.51. The second-order valence-electron chi connectivity index (χ2n) is 6.45. The minimum Gasteiger partial charge on any atom is -0.369 e. The molecule has 1 aliphatic heterocycles. The highest BCUT2D eigenvalue weighted by Gasteiger charge is 2.20. The molecule has 7 nitrogen and oxygen atoms in total. The summed E-state index contributed by atoms with van der Waals surface area (Å²) in [5, 5.41) is 10.8. The topological polar surface area (TPSA) is 82.6 Å². The fourth-order valence-electron chi connectivity index (χ4n) is 3.18. The van der Waals surface area contributed by atoms with Crippen molar-refractivity contribution >= 4 is 5.82 Å². The molecule has 0 amide bonds. The van der Waals surface area contributed by atoms with Gasteiger partial charge in [0.1, 0.15) is 5.82 Å². The van der Waals surface area contributed by atoms with Crippen molar-refractivity contribution in [1.82, 2.24) is 30.0 Å². The molecule has 2 N–H and O–H groups in total. The van der Waals surface area contributed by atoms with E-state index in [1.54, 1.807) is 18.6 Å². The summed E-state index contributed by atoms with van der Waals surface area (Å²) in [6, 6.07) is 7.74. The van der Waals surface area contributed by atoms with Crippen molar-refractivity contribution in [1.29, 1.82) is 0 Å². The predicted molar refractivity (Wildman–Crippen MR) is 96.9 cm³/mol. The summed E-state index contributed by atoms with van der Waals surface area (Å²) in [5.74, 6) is 2.83. The molecule has 1 saturated heterocycles. The maximum Gasteiger partial charge on any atom is 0.183 e. The van der Waals surface area contributed by atoms with Crippen LogP contribution in [0.3, 0.4) is 0 Å². The highest BCUT2D eigenvalue weighted by atomic mass is 15.2. The van der Waals surface area contributed by atoms with Crippen molar-refractivity contribution in [2.24, 2.45) is 5.92 Å². The minimum atomic E-state index is 0.635. The number of hydrogen-bond acceptors (Lipinski definition) is 6. The molecule has 1 atom stereocenters. The van der Waals surface area contributed by atoms with Crippen LogP contribution in [0.25, 0.3) is 22.8 Å². The first-order chi connectivity index (χ1) is 12.3. The first-order valence-corrected chi connectivity index (χ1v) is 8.50. The summed E-state index contributed by atoms with van der Waals surface area (Å²) < 4.78 is 0. The summed E-state index contributed by atoms with van der Waals surface area (Å²) in [6.07, 6.45) is 6.51. The number of hydrogen-bond donors (Lipinski definition) is 2. The lowest BCUT2D eigenvalue weighted by molar-refractivity contribution is 0.399. The van der Waals surface area contributed by atoms with E-state index < -0.39 is 0 Å².